The van der Waals surface area contributed by atoms with Crippen LogP contribution in [0.2, 0.25) is 0 Å². The summed E-state index contributed by atoms with van der Waals surface area (Å²) in [5.74, 6) is 0.724. The predicted molar refractivity (Wildman–Crippen MR) is 68.0 cm³/mol. The Labute approximate surface area is 103 Å². The summed E-state index contributed by atoms with van der Waals surface area (Å²) in [6, 6.07) is 1.98. The Balaban J connectivity index is 2.05. The van der Waals surface area contributed by atoms with Crippen LogP contribution in [-0.2, 0) is 6.54 Å². The van der Waals surface area contributed by atoms with Crippen LogP contribution in [0.25, 0.3) is 0 Å². The third kappa shape index (κ3) is 2.96. The van der Waals surface area contributed by atoms with Gasteiger partial charge in [0.05, 0.1) is 0 Å². The Bertz CT molecular complexity index is 373. The number of piperidine rings is 1. The number of hydrogen-bond donors (Lipinski definition) is 1. The van der Waals surface area contributed by atoms with E-state index < -0.39 is 0 Å². The van der Waals surface area contributed by atoms with Gasteiger partial charge in [-0.25, -0.2) is 4.98 Å². The van der Waals surface area contributed by atoms with E-state index in [2.05, 4.69) is 16.9 Å². The lowest BCUT2D eigenvalue weighted by molar-refractivity contribution is 0.109. The van der Waals surface area contributed by atoms with E-state index in [-0.39, 0.29) is 6.10 Å². The number of pyridine rings is 1. The summed E-state index contributed by atoms with van der Waals surface area (Å²) in [6.07, 6.45) is 4.20. The first kappa shape index (κ1) is 12.3. The molecule has 17 heavy (non-hydrogen) atoms. The van der Waals surface area contributed by atoms with Gasteiger partial charge in [0.2, 0.25) is 5.88 Å². The molecule has 0 unspecified atom stereocenters. The van der Waals surface area contributed by atoms with Gasteiger partial charge in [0.15, 0.2) is 0 Å². The molecule has 2 N–H and O–H groups in total. The van der Waals surface area contributed by atoms with Gasteiger partial charge in [0.25, 0.3) is 0 Å². The normalized spacial score (nSPS) is 18.3. The molecule has 4 nitrogen and oxygen atoms in total. The van der Waals surface area contributed by atoms with Crippen LogP contribution in [-0.4, -0.2) is 36.1 Å². The molecular formula is C13H21N3O. The topological polar surface area (TPSA) is 51.4 Å². The van der Waals surface area contributed by atoms with E-state index in [1.165, 1.54) is 0 Å². The molecule has 0 aliphatic carbocycles. The van der Waals surface area contributed by atoms with Crippen LogP contribution in [0.3, 0.4) is 0 Å². The zero-order valence-corrected chi connectivity index (χ0v) is 10.6. The van der Waals surface area contributed by atoms with Crippen molar-refractivity contribution in [2.75, 3.05) is 20.1 Å². The Hall–Kier alpha value is -1.13. The van der Waals surface area contributed by atoms with E-state index in [0.29, 0.717) is 6.54 Å². The fraction of sp³-hybridized carbons (Fsp3) is 0.615. The minimum Gasteiger partial charge on any atom is -0.474 e. The standard InChI is InChI=1S/C13H21N3O/c1-10-3-6-15-13(12(10)9-14)17-11-4-7-16(2)8-5-11/h3,6,11H,4-5,7-9,14H2,1-2H3. The molecule has 1 aromatic heterocycles. The van der Waals surface area contributed by atoms with Crippen molar-refractivity contribution >= 4 is 0 Å². The highest BCUT2D eigenvalue weighted by atomic mass is 16.5. The zero-order valence-electron chi connectivity index (χ0n) is 10.6. The maximum Gasteiger partial charge on any atom is 0.218 e. The number of ether oxygens (including phenoxy) is 1. The molecule has 1 aliphatic heterocycles. The van der Waals surface area contributed by atoms with Gasteiger partial charge >= 0.3 is 0 Å². The Morgan fingerprint density at radius 2 is 2.18 bits per heavy atom. The van der Waals surface area contributed by atoms with Crippen LogP contribution in [0, 0.1) is 6.92 Å². The van der Waals surface area contributed by atoms with Crippen molar-refractivity contribution in [3.8, 4) is 5.88 Å². The van der Waals surface area contributed by atoms with Gasteiger partial charge in [-0.1, -0.05) is 0 Å². The molecule has 1 aromatic rings. The molecule has 2 heterocycles. The second-order valence-electron chi connectivity index (χ2n) is 4.74. The highest BCUT2D eigenvalue weighted by molar-refractivity contribution is 5.33. The molecule has 0 aromatic carbocycles. The summed E-state index contributed by atoms with van der Waals surface area (Å²) in [6.45, 7) is 4.72. The van der Waals surface area contributed by atoms with Crippen LogP contribution in [0.5, 0.6) is 5.88 Å². The number of likely N-dealkylation sites (tertiary alicyclic amines) is 1. The lowest BCUT2D eigenvalue weighted by atomic mass is 10.1. The van der Waals surface area contributed by atoms with Crippen molar-refractivity contribution in [1.82, 2.24) is 9.88 Å². The number of aromatic nitrogens is 1. The third-order valence-electron chi connectivity index (χ3n) is 3.40. The molecule has 0 amide bonds. The summed E-state index contributed by atoms with van der Waals surface area (Å²) in [4.78, 5) is 6.63. The minimum atomic E-state index is 0.283. The first-order chi connectivity index (χ1) is 8.20. The van der Waals surface area contributed by atoms with Crippen LogP contribution in [0.4, 0.5) is 0 Å². The molecule has 0 bridgehead atoms. The Kier molecular flexibility index (Phi) is 3.97. The molecule has 4 heteroatoms. The zero-order chi connectivity index (χ0) is 12.3. The lowest BCUT2D eigenvalue weighted by Gasteiger charge is -2.29. The minimum absolute atomic E-state index is 0.283. The number of hydrogen-bond acceptors (Lipinski definition) is 4. The van der Waals surface area contributed by atoms with Gasteiger partial charge < -0.3 is 15.4 Å². The van der Waals surface area contributed by atoms with Gasteiger partial charge in [-0.3, -0.25) is 0 Å². The molecule has 94 valence electrons. The first-order valence-corrected chi connectivity index (χ1v) is 6.20. The molecule has 2 rings (SSSR count). The van der Waals surface area contributed by atoms with Crippen LogP contribution < -0.4 is 10.5 Å². The smallest absolute Gasteiger partial charge is 0.218 e. The quantitative estimate of drug-likeness (QED) is 0.858. The van der Waals surface area contributed by atoms with E-state index in [0.717, 1.165) is 42.9 Å². The van der Waals surface area contributed by atoms with Crippen molar-refractivity contribution in [2.45, 2.75) is 32.4 Å². The molecule has 0 spiro atoms. The number of aryl methyl sites for hydroxylation is 1. The molecule has 1 saturated heterocycles. The monoisotopic (exact) mass is 235 g/mol. The molecule has 0 atom stereocenters. The maximum atomic E-state index is 5.99. The molecule has 1 aliphatic rings. The molecule has 1 fully saturated rings. The van der Waals surface area contributed by atoms with E-state index in [1.807, 2.05) is 13.0 Å². The number of nitrogens with two attached hydrogens (primary N) is 1. The SMILES string of the molecule is Cc1ccnc(OC2CCN(C)CC2)c1CN. The Morgan fingerprint density at radius 1 is 1.47 bits per heavy atom. The van der Waals surface area contributed by atoms with Crippen LogP contribution in [0.15, 0.2) is 12.3 Å². The van der Waals surface area contributed by atoms with E-state index in [4.69, 9.17) is 10.5 Å². The van der Waals surface area contributed by atoms with Crippen molar-refractivity contribution in [3.05, 3.63) is 23.4 Å². The highest BCUT2D eigenvalue weighted by Crippen LogP contribution is 2.22. The van der Waals surface area contributed by atoms with Gasteiger partial charge in [0, 0.05) is 31.4 Å². The molecule has 0 saturated carbocycles. The number of nitrogens with zero attached hydrogens (tertiary/aromatic N) is 2. The second kappa shape index (κ2) is 5.47. The van der Waals surface area contributed by atoms with Crippen molar-refractivity contribution in [2.24, 2.45) is 5.73 Å². The van der Waals surface area contributed by atoms with Crippen LogP contribution in [0.1, 0.15) is 24.0 Å². The summed E-state index contributed by atoms with van der Waals surface area (Å²) < 4.78 is 5.99. The van der Waals surface area contributed by atoms with E-state index in [9.17, 15) is 0 Å². The molecular weight excluding hydrogens is 214 g/mol. The summed E-state index contributed by atoms with van der Waals surface area (Å²) in [7, 11) is 2.15. The second-order valence-corrected chi connectivity index (χ2v) is 4.74. The van der Waals surface area contributed by atoms with E-state index >= 15 is 0 Å². The largest absolute Gasteiger partial charge is 0.474 e. The summed E-state index contributed by atoms with van der Waals surface area (Å²) in [5, 5.41) is 0. The van der Waals surface area contributed by atoms with Gasteiger partial charge in [-0.15, -0.1) is 0 Å². The Morgan fingerprint density at radius 3 is 2.82 bits per heavy atom. The summed E-state index contributed by atoms with van der Waals surface area (Å²) >= 11 is 0. The van der Waals surface area contributed by atoms with Crippen molar-refractivity contribution < 1.29 is 4.74 Å². The van der Waals surface area contributed by atoms with Crippen LogP contribution >= 0.6 is 0 Å². The van der Waals surface area contributed by atoms with Gasteiger partial charge in [-0.05, 0) is 38.4 Å². The average molecular weight is 235 g/mol. The predicted octanol–water partition coefficient (Wildman–Crippen LogP) is 1.32. The lowest BCUT2D eigenvalue weighted by Crippen LogP contribution is -2.36. The van der Waals surface area contributed by atoms with Crippen molar-refractivity contribution in [1.29, 1.82) is 0 Å². The van der Waals surface area contributed by atoms with Crippen molar-refractivity contribution in [3.63, 3.8) is 0 Å². The fourth-order valence-electron chi connectivity index (χ4n) is 2.17. The van der Waals surface area contributed by atoms with E-state index in [1.54, 1.807) is 6.20 Å². The highest BCUT2D eigenvalue weighted by Gasteiger charge is 2.19. The first-order valence-electron chi connectivity index (χ1n) is 6.20. The average Bonchev–Trinajstić information content (AvgIpc) is 2.32. The maximum absolute atomic E-state index is 5.99. The van der Waals surface area contributed by atoms with Gasteiger partial charge in [-0.2, -0.15) is 0 Å². The third-order valence-corrected chi connectivity index (χ3v) is 3.40. The fourth-order valence-corrected chi connectivity index (χ4v) is 2.17. The summed E-state index contributed by atoms with van der Waals surface area (Å²) in [5.41, 5.74) is 7.94. The number of rotatable bonds is 3. The molecule has 0 radical (unpaired) electrons. The van der Waals surface area contributed by atoms with Gasteiger partial charge in [0.1, 0.15) is 6.10 Å².